The monoisotopic (exact) mass is 304 g/mol. The molecule has 0 radical (unpaired) electrons. The van der Waals surface area contributed by atoms with E-state index in [0.717, 1.165) is 5.46 Å². The zero-order valence-corrected chi connectivity index (χ0v) is 14.8. The molecule has 114 valence electrons. The van der Waals surface area contributed by atoms with Gasteiger partial charge in [0.05, 0.1) is 11.2 Å². The van der Waals surface area contributed by atoms with Gasteiger partial charge in [0, 0.05) is 4.90 Å². The minimum Gasteiger partial charge on any atom is -0.399 e. The highest BCUT2D eigenvalue weighted by Gasteiger charge is 2.51. The second-order valence-electron chi connectivity index (χ2n) is 7.83. The van der Waals surface area contributed by atoms with Gasteiger partial charge in [0.1, 0.15) is 0 Å². The Morgan fingerprint density at radius 1 is 1.00 bits per heavy atom. The lowest BCUT2D eigenvalue weighted by Gasteiger charge is -2.32. The van der Waals surface area contributed by atoms with Crippen molar-refractivity contribution in [2.75, 3.05) is 5.75 Å². The molecule has 0 amide bonds. The van der Waals surface area contributed by atoms with Crippen LogP contribution >= 0.6 is 11.8 Å². The van der Waals surface area contributed by atoms with E-state index in [-0.39, 0.29) is 23.7 Å². The van der Waals surface area contributed by atoms with E-state index in [1.165, 1.54) is 22.6 Å². The summed E-state index contributed by atoms with van der Waals surface area (Å²) in [5.74, 6) is 1.20. The highest BCUT2D eigenvalue weighted by Crippen LogP contribution is 2.42. The Labute approximate surface area is 133 Å². The first-order valence-corrected chi connectivity index (χ1v) is 8.74. The van der Waals surface area contributed by atoms with Crippen LogP contribution in [0.3, 0.4) is 0 Å². The molecule has 0 aromatic heterocycles. The molecular formula is C17H25BO2S. The van der Waals surface area contributed by atoms with E-state index in [1.54, 1.807) is 0 Å². The zero-order chi connectivity index (χ0) is 15.5. The highest BCUT2D eigenvalue weighted by atomic mass is 32.2. The summed E-state index contributed by atoms with van der Waals surface area (Å²) in [6, 6.07) is 6.69. The van der Waals surface area contributed by atoms with E-state index in [1.807, 2.05) is 11.8 Å². The molecule has 0 atom stereocenters. The smallest absolute Gasteiger partial charge is 0.399 e. The van der Waals surface area contributed by atoms with E-state index >= 15 is 0 Å². The van der Waals surface area contributed by atoms with Crippen LogP contribution in [0, 0.1) is 0 Å². The molecule has 0 spiro atoms. The maximum Gasteiger partial charge on any atom is 0.494 e. The molecule has 0 saturated carbocycles. The van der Waals surface area contributed by atoms with Gasteiger partial charge in [-0.25, -0.2) is 0 Å². The van der Waals surface area contributed by atoms with Crippen molar-refractivity contribution in [1.82, 2.24) is 0 Å². The van der Waals surface area contributed by atoms with Gasteiger partial charge in [-0.3, -0.25) is 0 Å². The van der Waals surface area contributed by atoms with Crippen LogP contribution < -0.4 is 5.46 Å². The summed E-state index contributed by atoms with van der Waals surface area (Å²) < 4.78 is 12.4. The van der Waals surface area contributed by atoms with Crippen LogP contribution in [-0.4, -0.2) is 24.1 Å². The molecule has 0 N–H and O–H groups in total. The van der Waals surface area contributed by atoms with Crippen molar-refractivity contribution in [3.05, 3.63) is 23.8 Å². The van der Waals surface area contributed by atoms with Crippen LogP contribution in [0.25, 0.3) is 0 Å². The van der Waals surface area contributed by atoms with Gasteiger partial charge in [0.15, 0.2) is 0 Å². The molecule has 21 heavy (non-hydrogen) atoms. The summed E-state index contributed by atoms with van der Waals surface area (Å²) in [6.07, 6.45) is 1.22. The van der Waals surface area contributed by atoms with Crippen molar-refractivity contribution in [3.8, 4) is 0 Å². The molecule has 2 heterocycles. The fourth-order valence-electron chi connectivity index (χ4n) is 2.88. The summed E-state index contributed by atoms with van der Waals surface area (Å²) in [4.78, 5) is 1.41. The topological polar surface area (TPSA) is 18.5 Å². The normalized spacial score (nSPS) is 25.7. The molecule has 2 aliphatic heterocycles. The Kier molecular flexibility index (Phi) is 3.51. The van der Waals surface area contributed by atoms with Gasteiger partial charge >= 0.3 is 7.12 Å². The van der Waals surface area contributed by atoms with Crippen LogP contribution in [0.5, 0.6) is 0 Å². The number of hydrogen-bond acceptors (Lipinski definition) is 3. The van der Waals surface area contributed by atoms with Gasteiger partial charge in [-0.15, -0.1) is 11.8 Å². The fourth-order valence-corrected chi connectivity index (χ4v) is 4.37. The number of hydrogen-bond donors (Lipinski definition) is 0. The van der Waals surface area contributed by atoms with E-state index in [4.69, 9.17) is 9.31 Å². The van der Waals surface area contributed by atoms with Crippen molar-refractivity contribution in [2.45, 2.75) is 69.5 Å². The van der Waals surface area contributed by atoms with Crippen molar-refractivity contribution >= 4 is 24.3 Å². The predicted molar refractivity (Wildman–Crippen MR) is 90.5 cm³/mol. The lowest BCUT2D eigenvalue weighted by atomic mass is 9.74. The first-order chi connectivity index (χ1) is 9.62. The predicted octanol–water partition coefficient (Wildman–Crippen LogP) is 3.76. The molecule has 2 aliphatic rings. The molecule has 1 aromatic carbocycles. The largest absolute Gasteiger partial charge is 0.494 e. The maximum absolute atomic E-state index is 6.18. The maximum atomic E-state index is 6.18. The third kappa shape index (κ3) is 2.56. The average molecular weight is 304 g/mol. The summed E-state index contributed by atoms with van der Waals surface area (Å²) in [7, 11) is -0.261. The van der Waals surface area contributed by atoms with Gasteiger partial charge in [0.25, 0.3) is 0 Å². The van der Waals surface area contributed by atoms with Gasteiger partial charge in [-0.2, -0.15) is 0 Å². The number of fused-ring (bicyclic) bond motifs is 1. The summed E-state index contributed by atoms with van der Waals surface area (Å²) >= 11 is 1.96. The Bertz CT molecular complexity index is 550. The molecule has 2 nitrogen and oxygen atoms in total. The standard InChI is InChI=1S/C17H25BO2S/c1-15(2)9-10-21-14-8-7-12(11-13(14)15)18-19-16(3,4)17(5,6)20-18/h7-8,11H,9-10H2,1-6H3. The first-order valence-electron chi connectivity index (χ1n) is 7.75. The molecule has 0 unspecified atom stereocenters. The van der Waals surface area contributed by atoms with Crippen molar-refractivity contribution in [2.24, 2.45) is 0 Å². The average Bonchev–Trinajstić information content (AvgIpc) is 2.58. The van der Waals surface area contributed by atoms with Gasteiger partial charge in [0.2, 0.25) is 0 Å². The number of benzene rings is 1. The molecule has 0 bridgehead atoms. The zero-order valence-electron chi connectivity index (χ0n) is 13.9. The van der Waals surface area contributed by atoms with Crippen molar-refractivity contribution < 1.29 is 9.31 Å². The third-order valence-corrected chi connectivity index (χ3v) is 6.32. The van der Waals surface area contributed by atoms with Gasteiger partial charge in [-0.05, 0) is 62.4 Å². The Hall–Kier alpha value is -0.445. The van der Waals surface area contributed by atoms with Crippen LogP contribution in [0.1, 0.15) is 53.5 Å². The second-order valence-corrected chi connectivity index (χ2v) is 8.96. The fraction of sp³-hybridized carbons (Fsp3) is 0.647. The Balaban J connectivity index is 1.95. The minimum atomic E-state index is -0.280. The lowest BCUT2D eigenvalue weighted by Crippen LogP contribution is -2.41. The lowest BCUT2D eigenvalue weighted by molar-refractivity contribution is 0.00578. The van der Waals surface area contributed by atoms with Gasteiger partial charge in [-0.1, -0.05) is 26.0 Å². The molecule has 1 aromatic rings. The van der Waals surface area contributed by atoms with E-state index in [0.29, 0.717) is 0 Å². The van der Waals surface area contributed by atoms with Crippen LogP contribution in [0.2, 0.25) is 0 Å². The van der Waals surface area contributed by atoms with E-state index in [2.05, 4.69) is 59.7 Å². The molecule has 4 heteroatoms. The molecule has 1 saturated heterocycles. The SMILES string of the molecule is CC1(C)CCSc2ccc(B3OC(C)(C)C(C)(C)O3)cc21. The molecule has 3 rings (SSSR count). The minimum absolute atomic E-state index is 0.236. The number of rotatable bonds is 1. The number of thioether (sulfide) groups is 1. The van der Waals surface area contributed by atoms with Crippen LogP contribution in [-0.2, 0) is 14.7 Å². The van der Waals surface area contributed by atoms with Crippen LogP contribution in [0.15, 0.2) is 23.1 Å². The van der Waals surface area contributed by atoms with Crippen molar-refractivity contribution in [3.63, 3.8) is 0 Å². The second kappa shape index (κ2) is 4.77. The van der Waals surface area contributed by atoms with Gasteiger partial charge < -0.3 is 9.31 Å². The first kappa shape index (κ1) is 15.5. The summed E-state index contributed by atoms with van der Waals surface area (Å²) in [6.45, 7) is 13.1. The molecular weight excluding hydrogens is 279 g/mol. The highest BCUT2D eigenvalue weighted by molar-refractivity contribution is 7.99. The van der Waals surface area contributed by atoms with E-state index < -0.39 is 0 Å². The van der Waals surface area contributed by atoms with Crippen LogP contribution in [0.4, 0.5) is 0 Å². The molecule has 0 aliphatic carbocycles. The third-order valence-electron chi connectivity index (χ3n) is 5.24. The van der Waals surface area contributed by atoms with E-state index in [9.17, 15) is 0 Å². The Morgan fingerprint density at radius 3 is 2.24 bits per heavy atom. The van der Waals surface area contributed by atoms with Crippen molar-refractivity contribution in [1.29, 1.82) is 0 Å². The summed E-state index contributed by atoms with van der Waals surface area (Å²) in [5, 5.41) is 0. The molecule has 1 fully saturated rings. The quantitative estimate of drug-likeness (QED) is 0.736. The summed E-state index contributed by atoms with van der Waals surface area (Å²) in [5.41, 5.74) is 2.25. The Morgan fingerprint density at radius 2 is 1.62 bits per heavy atom.